The van der Waals surface area contributed by atoms with Crippen molar-refractivity contribution in [2.45, 2.75) is 31.9 Å². The van der Waals surface area contributed by atoms with Gasteiger partial charge in [-0.3, -0.25) is 4.98 Å². The van der Waals surface area contributed by atoms with E-state index in [-0.39, 0.29) is 12.4 Å². The van der Waals surface area contributed by atoms with Crippen molar-refractivity contribution in [3.63, 3.8) is 0 Å². The number of ether oxygens (including phenoxy) is 1. The summed E-state index contributed by atoms with van der Waals surface area (Å²) in [6.45, 7) is 5.13. The molecule has 0 aliphatic heterocycles. The first-order valence-corrected chi connectivity index (χ1v) is 8.80. The fourth-order valence-electron chi connectivity index (χ4n) is 1.35. The Labute approximate surface area is 131 Å². The molecule has 1 rings (SSSR count). The molecule has 0 aliphatic carbocycles. The second-order valence-electron chi connectivity index (χ2n) is 5.43. The van der Waals surface area contributed by atoms with Crippen LogP contribution in [0.5, 0.6) is 5.75 Å². The highest BCUT2D eigenvalue weighted by molar-refractivity contribution is 7.92. The van der Waals surface area contributed by atoms with Crippen molar-refractivity contribution in [3.05, 3.63) is 24.0 Å². The van der Waals surface area contributed by atoms with E-state index in [1.54, 1.807) is 33.0 Å². The molecule has 1 aromatic rings. The number of nitrogens with zero attached hydrogens (tertiary/aromatic N) is 1. The third kappa shape index (κ3) is 5.94. The Bertz CT molecular complexity index is 624. The van der Waals surface area contributed by atoms with E-state index in [0.29, 0.717) is 18.1 Å². The fraction of sp³-hybridized carbons (Fsp3) is 0.533. The molecule has 6 heteroatoms. The summed E-state index contributed by atoms with van der Waals surface area (Å²) in [6.07, 6.45) is 3.77. The van der Waals surface area contributed by atoms with Crippen molar-refractivity contribution in [2.24, 2.45) is 0 Å². The summed E-state index contributed by atoms with van der Waals surface area (Å²) in [6, 6.07) is 1.73. The van der Waals surface area contributed by atoms with Crippen molar-refractivity contribution < 1.29 is 13.2 Å². The van der Waals surface area contributed by atoms with E-state index in [1.807, 2.05) is 0 Å². The van der Waals surface area contributed by atoms with Gasteiger partial charge in [0.05, 0.1) is 16.7 Å². The van der Waals surface area contributed by atoms with Crippen molar-refractivity contribution in [3.8, 4) is 17.6 Å². The highest BCUT2D eigenvalue weighted by atomic mass is 35.5. The zero-order valence-corrected chi connectivity index (χ0v) is 14.1. The van der Waals surface area contributed by atoms with Gasteiger partial charge in [0.1, 0.15) is 12.4 Å². The number of sulfone groups is 1. The lowest BCUT2D eigenvalue weighted by atomic mass is 10.3. The molecule has 0 spiro atoms. The van der Waals surface area contributed by atoms with E-state index in [2.05, 4.69) is 16.8 Å². The molecule has 0 amide bonds. The van der Waals surface area contributed by atoms with E-state index >= 15 is 0 Å². The summed E-state index contributed by atoms with van der Waals surface area (Å²) in [7, 11) is -3.18. The summed E-state index contributed by atoms with van der Waals surface area (Å²) < 4.78 is 28.6. The molecule has 4 nitrogen and oxygen atoms in total. The lowest BCUT2D eigenvalue weighted by Crippen LogP contribution is -2.32. The molecule has 0 aliphatic rings. The monoisotopic (exact) mass is 329 g/mol. The molecule has 0 saturated heterocycles. The Balaban J connectivity index is 2.62. The molecule has 1 aromatic heterocycles. The fourth-order valence-corrected chi connectivity index (χ4v) is 2.36. The van der Waals surface area contributed by atoms with Gasteiger partial charge in [0.15, 0.2) is 9.84 Å². The van der Waals surface area contributed by atoms with E-state index < -0.39 is 14.6 Å². The van der Waals surface area contributed by atoms with Gasteiger partial charge in [0.25, 0.3) is 0 Å². The van der Waals surface area contributed by atoms with Crippen LogP contribution in [0.25, 0.3) is 0 Å². The summed E-state index contributed by atoms with van der Waals surface area (Å²) >= 11 is 5.55. The van der Waals surface area contributed by atoms with Gasteiger partial charge in [0, 0.05) is 24.1 Å². The Morgan fingerprint density at radius 1 is 1.33 bits per heavy atom. The number of pyridine rings is 1. The second kappa shape index (κ2) is 7.67. The van der Waals surface area contributed by atoms with Crippen LogP contribution < -0.4 is 4.74 Å². The average Bonchev–Trinajstić information content (AvgIpc) is 2.38. The number of alkyl halides is 1. The predicted octanol–water partition coefficient (Wildman–Crippen LogP) is 2.65. The van der Waals surface area contributed by atoms with Crippen LogP contribution in [0.2, 0.25) is 0 Å². The molecule has 0 saturated carbocycles. The number of halogens is 1. The van der Waals surface area contributed by atoms with Gasteiger partial charge in [-0.1, -0.05) is 11.8 Å². The maximum absolute atomic E-state index is 12.0. The highest BCUT2D eigenvalue weighted by Gasteiger charge is 2.28. The van der Waals surface area contributed by atoms with Gasteiger partial charge in [-0.05, 0) is 26.8 Å². The number of aromatic nitrogens is 1. The normalized spacial score (nSPS) is 11.6. The van der Waals surface area contributed by atoms with Crippen LogP contribution in [0, 0.1) is 11.8 Å². The lowest BCUT2D eigenvalue weighted by molar-refractivity contribution is 0.338. The van der Waals surface area contributed by atoms with Crippen molar-refractivity contribution in [1.29, 1.82) is 0 Å². The van der Waals surface area contributed by atoms with Crippen molar-refractivity contribution in [2.75, 3.05) is 18.2 Å². The van der Waals surface area contributed by atoms with Crippen LogP contribution >= 0.6 is 11.6 Å². The number of rotatable bonds is 5. The molecule has 0 radical (unpaired) electrons. The first kappa shape index (κ1) is 17.8. The molecule has 0 unspecified atom stereocenters. The molecular formula is C15H20ClNO3S. The molecule has 0 atom stereocenters. The van der Waals surface area contributed by atoms with Crippen molar-refractivity contribution >= 4 is 21.4 Å². The van der Waals surface area contributed by atoms with Crippen LogP contribution in [-0.4, -0.2) is 36.4 Å². The van der Waals surface area contributed by atoms with Crippen molar-refractivity contribution in [1.82, 2.24) is 4.98 Å². The number of hydrogen-bond acceptors (Lipinski definition) is 4. The third-order valence-corrected chi connectivity index (χ3v) is 5.48. The van der Waals surface area contributed by atoms with Gasteiger partial charge in [-0.15, -0.1) is 11.6 Å². The zero-order chi connectivity index (χ0) is 15.9. The highest BCUT2D eigenvalue weighted by Crippen LogP contribution is 2.16. The molecule has 1 heterocycles. The van der Waals surface area contributed by atoms with E-state index in [1.165, 1.54) is 6.20 Å². The predicted molar refractivity (Wildman–Crippen MR) is 85.5 cm³/mol. The minimum Gasteiger partial charge on any atom is -0.491 e. The molecular weight excluding hydrogens is 310 g/mol. The molecule has 116 valence electrons. The Morgan fingerprint density at radius 2 is 2.05 bits per heavy atom. The van der Waals surface area contributed by atoms with Crippen LogP contribution in [0.4, 0.5) is 0 Å². The third-order valence-electron chi connectivity index (χ3n) is 2.72. The zero-order valence-electron chi connectivity index (χ0n) is 12.5. The summed E-state index contributed by atoms with van der Waals surface area (Å²) in [5.74, 6) is 6.80. The molecule has 0 N–H and O–H groups in total. The maximum atomic E-state index is 12.0. The SMILES string of the molecule is CC(C)(C)S(=O)(=O)CCOc1cncc(C#CCCCl)c1. The van der Waals surface area contributed by atoms with Crippen LogP contribution in [-0.2, 0) is 9.84 Å². The first-order chi connectivity index (χ1) is 9.76. The largest absolute Gasteiger partial charge is 0.491 e. The Hall–Kier alpha value is -1.25. The topological polar surface area (TPSA) is 56.3 Å². The summed E-state index contributed by atoms with van der Waals surface area (Å²) in [4.78, 5) is 4.02. The standard InChI is InChI=1S/C15H20ClNO3S/c1-15(2,3)21(18,19)9-8-20-14-10-13(11-17-12-14)6-4-5-7-16/h10-12H,5,7-9H2,1-3H3. The summed E-state index contributed by atoms with van der Waals surface area (Å²) in [5.41, 5.74) is 0.719. The van der Waals surface area contributed by atoms with Gasteiger partial charge >= 0.3 is 0 Å². The quantitative estimate of drug-likeness (QED) is 0.615. The summed E-state index contributed by atoms with van der Waals surface area (Å²) in [5, 5.41) is 0. The lowest BCUT2D eigenvalue weighted by Gasteiger charge is -2.19. The molecule has 0 aromatic carbocycles. The van der Waals surface area contributed by atoms with E-state index in [0.717, 1.165) is 5.56 Å². The molecule has 0 bridgehead atoms. The van der Waals surface area contributed by atoms with E-state index in [9.17, 15) is 8.42 Å². The minimum atomic E-state index is -3.18. The van der Waals surface area contributed by atoms with Gasteiger partial charge < -0.3 is 4.74 Å². The average molecular weight is 330 g/mol. The Morgan fingerprint density at radius 3 is 2.67 bits per heavy atom. The Kier molecular flexibility index (Phi) is 6.50. The first-order valence-electron chi connectivity index (χ1n) is 6.61. The van der Waals surface area contributed by atoms with Gasteiger partial charge in [-0.2, -0.15) is 0 Å². The van der Waals surface area contributed by atoms with Crippen LogP contribution in [0.3, 0.4) is 0 Å². The molecule has 21 heavy (non-hydrogen) atoms. The minimum absolute atomic E-state index is 0.0291. The number of hydrogen-bond donors (Lipinski definition) is 0. The van der Waals surface area contributed by atoms with Gasteiger partial charge in [0.2, 0.25) is 0 Å². The van der Waals surface area contributed by atoms with Crippen LogP contribution in [0.1, 0.15) is 32.8 Å². The maximum Gasteiger partial charge on any atom is 0.158 e. The smallest absolute Gasteiger partial charge is 0.158 e. The van der Waals surface area contributed by atoms with Crippen LogP contribution in [0.15, 0.2) is 18.5 Å². The van der Waals surface area contributed by atoms with Gasteiger partial charge in [-0.25, -0.2) is 8.42 Å². The molecule has 0 fully saturated rings. The second-order valence-corrected chi connectivity index (χ2v) is 8.67. The van der Waals surface area contributed by atoms with E-state index in [4.69, 9.17) is 16.3 Å².